The Labute approximate surface area is 198 Å². The van der Waals surface area contributed by atoms with Crippen molar-refractivity contribution in [3.8, 4) is 0 Å². The zero-order chi connectivity index (χ0) is 24.1. The summed E-state index contributed by atoms with van der Waals surface area (Å²) in [6.45, 7) is 6.99. The van der Waals surface area contributed by atoms with Gasteiger partial charge in [0.25, 0.3) is 18.4 Å². The molecule has 9 heteroatoms. The molecular weight excluding hydrogens is 454 g/mol. The van der Waals surface area contributed by atoms with Crippen LogP contribution in [0, 0.1) is 5.92 Å². The summed E-state index contributed by atoms with van der Waals surface area (Å²) >= 11 is 0. The monoisotopic (exact) mass is 487 g/mol. The molecule has 3 atom stereocenters. The van der Waals surface area contributed by atoms with Gasteiger partial charge in [0, 0.05) is 17.6 Å². The van der Waals surface area contributed by atoms with Crippen molar-refractivity contribution < 1.29 is 17.0 Å². The molecule has 1 aliphatic carbocycles. The molecule has 0 aromatic heterocycles. The first-order valence-electron chi connectivity index (χ1n) is 11.2. The molecule has 0 heterocycles. The van der Waals surface area contributed by atoms with E-state index in [9.17, 15) is 8.42 Å². The SMILES string of the molecule is CC(C)(C)[Si](OC[C@@H]1C[C@H](OS(C)(=O)=O)CC[C@H]1N=[N+]=[N-])(c1ccccc1)c1ccccc1. The lowest BCUT2D eigenvalue weighted by atomic mass is 9.84. The second-order valence-corrected chi connectivity index (χ2v) is 15.6. The average molecular weight is 488 g/mol. The lowest BCUT2D eigenvalue weighted by Crippen LogP contribution is -2.67. The van der Waals surface area contributed by atoms with E-state index in [1.165, 1.54) is 10.4 Å². The quantitative estimate of drug-likeness (QED) is 0.181. The Kier molecular flexibility index (Phi) is 8.03. The van der Waals surface area contributed by atoms with Crippen molar-refractivity contribution in [3.05, 3.63) is 71.1 Å². The number of azide groups is 1. The molecule has 178 valence electrons. The molecular formula is C24H33N3O4SSi. The van der Waals surface area contributed by atoms with Crippen LogP contribution in [0.2, 0.25) is 5.04 Å². The molecule has 2 aromatic rings. The number of nitrogens with zero attached hydrogens (tertiary/aromatic N) is 3. The molecule has 0 bridgehead atoms. The molecule has 3 rings (SSSR count). The summed E-state index contributed by atoms with van der Waals surface area (Å²) in [5.74, 6) is -0.136. The first kappa shape index (κ1) is 25.5. The van der Waals surface area contributed by atoms with Crippen LogP contribution in [0.15, 0.2) is 65.8 Å². The smallest absolute Gasteiger partial charge is 0.264 e. The largest absolute Gasteiger partial charge is 0.407 e. The second kappa shape index (κ2) is 10.4. The highest BCUT2D eigenvalue weighted by Crippen LogP contribution is 2.38. The van der Waals surface area contributed by atoms with Crippen molar-refractivity contribution in [1.82, 2.24) is 0 Å². The minimum atomic E-state index is -3.57. The Morgan fingerprint density at radius 3 is 2.03 bits per heavy atom. The third kappa shape index (κ3) is 6.05. The summed E-state index contributed by atoms with van der Waals surface area (Å²) in [5.41, 5.74) is 9.10. The Bertz CT molecular complexity index is 1030. The van der Waals surface area contributed by atoms with Crippen molar-refractivity contribution in [1.29, 1.82) is 0 Å². The highest BCUT2D eigenvalue weighted by Gasteiger charge is 2.50. The van der Waals surface area contributed by atoms with Crippen LogP contribution in [0.4, 0.5) is 0 Å². The van der Waals surface area contributed by atoms with Gasteiger partial charge in [0.05, 0.1) is 12.4 Å². The molecule has 0 saturated heterocycles. The van der Waals surface area contributed by atoms with Crippen molar-refractivity contribution in [3.63, 3.8) is 0 Å². The number of rotatable bonds is 8. The molecule has 2 aromatic carbocycles. The molecule has 0 radical (unpaired) electrons. The van der Waals surface area contributed by atoms with Crippen LogP contribution in [0.1, 0.15) is 40.0 Å². The molecule has 0 spiro atoms. The predicted molar refractivity (Wildman–Crippen MR) is 134 cm³/mol. The second-order valence-electron chi connectivity index (χ2n) is 9.74. The van der Waals surface area contributed by atoms with Gasteiger partial charge in [-0.2, -0.15) is 8.42 Å². The fraction of sp³-hybridized carbons (Fsp3) is 0.500. The van der Waals surface area contributed by atoms with Gasteiger partial charge in [0.1, 0.15) is 0 Å². The third-order valence-corrected chi connectivity index (χ3v) is 12.0. The highest BCUT2D eigenvalue weighted by molar-refractivity contribution is 7.86. The Hall–Kier alpha value is -2.16. The Morgan fingerprint density at radius 2 is 1.58 bits per heavy atom. The summed E-state index contributed by atoms with van der Waals surface area (Å²) < 4.78 is 35.7. The first-order chi connectivity index (χ1) is 15.6. The number of hydrogen-bond acceptors (Lipinski definition) is 5. The van der Waals surface area contributed by atoms with Gasteiger partial charge in [-0.05, 0) is 46.1 Å². The van der Waals surface area contributed by atoms with Gasteiger partial charge < -0.3 is 4.43 Å². The summed E-state index contributed by atoms with van der Waals surface area (Å²) in [5, 5.41) is 6.18. The molecule has 1 saturated carbocycles. The summed E-state index contributed by atoms with van der Waals surface area (Å²) in [6.07, 6.45) is 2.21. The van der Waals surface area contributed by atoms with Crippen LogP contribution >= 0.6 is 0 Å². The van der Waals surface area contributed by atoms with Crippen LogP contribution < -0.4 is 10.4 Å². The topological polar surface area (TPSA) is 101 Å². The zero-order valence-corrected chi connectivity index (χ0v) is 21.5. The highest BCUT2D eigenvalue weighted by atomic mass is 32.2. The molecule has 0 unspecified atom stereocenters. The molecule has 1 fully saturated rings. The summed E-state index contributed by atoms with van der Waals surface area (Å²) in [6, 6.07) is 20.4. The van der Waals surface area contributed by atoms with E-state index in [2.05, 4.69) is 55.1 Å². The fourth-order valence-electron chi connectivity index (χ4n) is 4.93. The van der Waals surface area contributed by atoms with E-state index in [1.807, 2.05) is 36.4 Å². The molecule has 33 heavy (non-hydrogen) atoms. The van der Waals surface area contributed by atoms with E-state index in [-0.39, 0.29) is 17.0 Å². The van der Waals surface area contributed by atoms with Gasteiger partial charge in [-0.25, -0.2) is 0 Å². The van der Waals surface area contributed by atoms with Crippen molar-refractivity contribution in [2.45, 2.75) is 57.2 Å². The minimum Gasteiger partial charge on any atom is -0.407 e. The standard InChI is InChI=1S/C24H33N3O4SSi/c1-24(2,3)33(21-11-7-5-8-12-21,22-13-9-6-10-14-22)30-18-19-17-20(31-32(4,28)29)15-16-23(19)26-27-25/h5-14,19-20,23H,15-18H2,1-4H3/t19-,20+,23+/m0/s1. The van der Waals surface area contributed by atoms with Crippen molar-refractivity contribution in [2.75, 3.05) is 12.9 Å². The maximum atomic E-state index is 11.7. The molecule has 1 aliphatic rings. The summed E-state index contributed by atoms with van der Waals surface area (Å²) in [4.78, 5) is 3.04. The molecule has 0 N–H and O–H groups in total. The van der Waals surface area contributed by atoms with E-state index in [0.29, 0.717) is 25.9 Å². The van der Waals surface area contributed by atoms with Gasteiger partial charge in [0.15, 0.2) is 0 Å². The number of benzene rings is 2. The average Bonchev–Trinajstić information content (AvgIpc) is 2.75. The van der Waals surface area contributed by atoms with Crippen molar-refractivity contribution >= 4 is 28.8 Å². The van der Waals surface area contributed by atoms with Crippen LogP contribution in [-0.4, -0.2) is 41.7 Å². The fourth-order valence-corrected chi connectivity index (χ4v) is 10.2. The molecule has 0 aliphatic heterocycles. The van der Waals surface area contributed by atoms with E-state index < -0.39 is 24.5 Å². The Morgan fingerprint density at radius 1 is 1.03 bits per heavy atom. The van der Waals surface area contributed by atoms with E-state index in [1.54, 1.807) is 0 Å². The first-order valence-corrected chi connectivity index (χ1v) is 15.0. The lowest BCUT2D eigenvalue weighted by molar-refractivity contribution is 0.0887. The third-order valence-electron chi connectivity index (χ3n) is 6.34. The summed E-state index contributed by atoms with van der Waals surface area (Å²) in [7, 11) is -6.31. The van der Waals surface area contributed by atoms with Gasteiger partial charge in [-0.1, -0.05) is 86.5 Å². The minimum absolute atomic E-state index is 0.136. The maximum absolute atomic E-state index is 11.7. The van der Waals surface area contributed by atoms with E-state index in [4.69, 9.17) is 14.1 Å². The van der Waals surface area contributed by atoms with Gasteiger partial charge in [-0.15, -0.1) is 0 Å². The van der Waals surface area contributed by atoms with Gasteiger partial charge >= 0.3 is 0 Å². The lowest BCUT2D eigenvalue weighted by Gasteiger charge is -2.44. The van der Waals surface area contributed by atoms with Crippen LogP contribution in [-0.2, 0) is 18.7 Å². The Balaban J connectivity index is 1.99. The molecule has 7 nitrogen and oxygen atoms in total. The van der Waals surface area contributed by atoms with Crippen molar-refractivity contribution in [2.24, 2.45) is 11.0 Å². The van der Waals surface area contributed by atoms with Crippen LogP contribution in [0.25, 0.3) is 10.4 Å². The van der Waals surface area contributed by atoms with Gasteiger partial charge in [0.2, 0.25) is 0 Å². The van der Waals surface area contributed by atoms with Gasteiger partial charge in [-0.3, -0.25) is 4.18 Å². The molecule has 0 amide bonds. The van der Waals surface area contributed by atoms with E-state index >= 15 is 0 Å². The maximum Gasteiger partial charge on any atom is 0.264 e. The zero-order valence-electron chi connectivity index (χ0n) is 19.7. The van der Waals surface area contributed by atoms with E-state index in [0.717, 1.165) is 6.26 Å². The predicted octanol–water partition coefficient (Wildman–Crippen LogP) is 4.39. The number of hydrogen-bond donors (Lipinski definition) is 0. The van der Waals surface area contributed by atoms with Crippen LogP contribution in [0.3, 0.4) is 0 Å². The normalized spacial score (nSPS) is 21.9. The van der Waals surface area contributed by atoms with Crippen LogP contribution in [0.5, 0.6) is 0 Å².